The lowest BCUT2D eigenvalue weighted by atomic mass is 10.1. The minimum Gasteiger partial charge on any atom is -0.357 e. The topological polar surface area (TPSA) is 35.5 Å². The molecule has 0 atom stereocenters. The van der Waals surface area contributed by atoms with Gasteiger partial charge < -0.3 is 14.7 Å². The van der Waals surface area contributed by atoms with Gasteiger partial charge in [0.05, 0.1) is 5.69 Å². The summed E-state index contributed by atoms with van der Waals surface area (Å²) in [5.41, 5.74) is 2.14. The van der Waals surface area contributed by atoms with E-state index in [0.717, 1.165) is 62.3 Å². The molecule has 5 heteroatoms. The first kappa shape index (κ1) is 16.7. The average molecular weight is 325 g/mol. The molecule has 0 N–H and O–H groups in total. The zero-order valence-corrected chi connectivity index (χ0v) is 14.9. The number of benzene rings is 1. The largest absolute Gasteiger partial charge is 0.357 e. The molecule has 1 aliphatic rings. The van der Waals surface area contributed by atoms with Crippen molar-refractivity contribution in [2.75, 3.05) is 56.1 Å². The smallest absolute Gasteiger partial charge is 0.227 e. The molecular weight excluding hydrogens is 298 g/mol. The van der Waals surface area contributed by atoms with E-state index in [-0.39, 0.29) is 0 Å². The minimum atomic E-state index is 0.853. The van der Waals surface area contributed by atoms with Crippen molar-refractivity contribution in [3.8, 4) is 11.3 Å². The van der Waals surface area contributed by atoms with Crippen molar-refractivity contribution in [2.24, 2.45) is 0 Å². The van der Waals surface area contributed by atoms with Crippen LogP contribution in [0.15, 0.2) is 36.4 Å². The molecular formula is C19H27N5. The molecule has 2 heterocycles. The fourth-order valence-corrected chi connectivity index (χ4v) is 3.04. The normalized spacial score (nSPS) is 15.5. The van der Waals surface area contributed by atoms with Gasteiger partial charge in [-0.15, -0.1) is 0 Å². The Kier molecular flexibility index (Phi) is 5.30. The van der Waals surface area contributed by atoms with Crippen LogP contribution in [-0.2, 0) is 0 Å². The molecule has 0 amide bonds. The minimum absolute atomic E-state index is 0.853. The summed E-state index contributed by atoms with van der Waals surface area (Å²) >= 11 is 0. The van der Waals surface area contributed by atoms with E-state index in [9.17, 15) is 0 Å². The Morgan fingerprint density at radius 3 is 2.25 bits per heavy atom. The summed E-state index contributed by atoms with van der Waals surface area (Å²) in [5, 5.41) is 0. The fraction of sp³-hybridized carbons (Fsp3) is 0.474. The number of likely N-dealkylation sites (N-methyl/N-ethyl adjacent to an activating group) is 1. The van der Waals surface area contributed by atoms with E-state index in [1.54, 1.807) is 0 Å². The Hall–Kier alpha value is -2.14. The van der Waals surface area contributed by atoms with Crippen LogP contribution in [0.25, 0.3) is 11.3 Å². The monoisotopic (exact) mass is 325 g/mol. The Balaban J connectivity index is 1.99. The molecule has 1 saturated heterocycles. The van der Waals surface area contributed by atoms with Crippen LogP contribution in [0, 0.1) is 0 Å². The summed E-state index contributed by atoms with van der Waals surface area (Å²) in [5.74, 6) is 1.87. The van der Waals surface area contributed by atoms with Crippen LogP contribution >= 0.6 is 0 Å². The third-order valence-electron chi connectivity index (χ3n) is 4.64. The van der Waals surface area contributed by atoms with E-state index < -0.39 is 0 Å². The number of rotatable bonds is 5. The predicted octanol–water partition coefficient (Wildman–Crippen LogP) is 2.74. The van der Waals surface area contributed by atoms with Crippen molar-refractivity contribution in [1.82, 2.24) is 14.9 Å². The molecule has 1 fully saturated rings. The first-order chi connectivity index (χ1) is 11.7. The Labute approximate surface area is 144 Å². The van der Waals surface area contributed by atoms with Crippen LogP contribution in [-0.4, -0.2) is 61.2 Å². The van der Waals surface area contributed by atoms with Crippen LogP contribution in [0.5, 0.6) is 0 Å². The van der Waals surface area contributed by atoms with Crippen LogP contribution in [0.2, 0.25) is 0 Å². The van der Waals surface area contributed by atoms with Gasteiger partial charge in [0.1, 0.15) is 5.82 Å². The van der Waals surface area contributed by atoms with Crippen molar-refractivity contribution < 1.29 is 0 Å². The van der Waals surface area contributed by atoms with E-state index in [1.165, 1.54) is 0 Å². The van der Waals surface area contributed by atoms with Crippen molar-refractivity contribution in [2.45, 2.75) is 13.8 Å². The van der Waals surface area contributed by atoms with Crippen LogP contribution in [0.4, 0.5) is 11.8 Å². The lowest BCUT2D eigenvalue weighted by molar-refractivity contribution is 0.311. The highest BCUT2D eigenvalue weighted by Gasteiger charge is 2.19. The SMILES string of the molecule is CCN(CC)c1cc(-c2ccccc2)nc(N2CCN(C)CC2)n1. The molecule has 1 aromatic carbocycles. The van der Waals surface area contributed by atoms with E-state index in [0.29, 0.717) is 0 Å². The molecule has 0 bridgehead atoms. The first-order valence-electron chi connectivity index (χ1n) is 8.84. The summed E-state index contributed by atoms with van der Waals surface area (Å²) in [6, 6.07) is 12.5. The quantitative estimate of drug-likeness (QED) is 0.845. The second kappa shape index (κ2) is 7.62. The van der Waals surface area contributed by atoms with E-state index >= 15 is 0 Å². The molecule has 0 spiro atoms. The van der Waals surface area contributed by atoms with Gasteiger partial charge in [-0.2, -0.15) is 4.98 Å². The summed E-state index contributed by atoms with van der Waals surface area (Å²) < 4.78 is 0. The molecule has 0 unspecified atom stereocenters. The Bertz CT molecular complexity index is 646. The van der Waals surface area contributed by atoms with E-state index in [4.69, 9.17) is 9.97 Å². The zero-order valence-electron chi connectivity index (χ0n) is 14.9. The highest BCUT2D eigenvalue weighted by Crippen LogP contribution is 2.25. The lowest BCUT2D eigenvalue weighted by Gasteiger charge is -2.33. The molecule has 0 radical (unpaired) electrons. The number of nitrogens with zero attached hydrogens (tertiary/aromatic N) is 5. The van der Waals surface area contributed by atoms with Crippen LogP contribution in [0.1, 0.15) is 13.8 Å². The summed E-state index contributed by atoms with van der Waals surface area (Å²) in [4.78, 5) is 16.7. The number of piperazine rings is 1. The maximum atomic E-state index is 4.87. The Morgan fingerprint density at radius 2 is 1.62 bits per heavy atom. The first-order valence-corrected chi connectivity index (χ1v) is 8.84. The maximum absolute atomic E-state index is 4.87. The second-order valence-corrected chi connectivity index (χ2v) is 6.24. The molecule has 5 nitrogen and oxygen atoms in total. The fourth-order valence-electron chi connectivity index (χ4n) is 3.04. The maximum Gasteiger partial charge on any atom is 0.227 e. The lowest BCUT2D eigenvalue weighted by Crippen LogP contribution is -2.45. The standard InChI is InChI=1S/C19H27N5/c1-4-23(5-2)18-15-17(16-9-7-6-8-10-16)20-19(21-18)24-13-11-22(3)12-14-24/h6-10,15H,4-5,11-14H2,1-3H3. The van der Waals surface area contributed by atoms with Gasteiger partial charge in [0.15, 0.2) is 0 Å². The van der Waals surface area contributed by atoms with Crippen LogP contribution < -0.4 is 9.80 Å². The second-order valence-electron chi connectivity index (χ2n) is 6.24. The number of hydrogen-bond donors (Lipinski definition) is 0. The van der Waals surface area contributed by atoms with E-state index in [1.807, 2.05) is 6.07 Å². The van der Waals surface area contributed by atoms with Crippen LogP contribution in [0.3, 0.4) is 0 Å². The number of aromatic nitrogens is 2. The van der Waals surface area contributed by atoms with Gasteiger partial charge in [-0.25, -0.2) is 4.98 Å². The zero-order chi connectivity index (χ0) is 16.9. The van der Waals surface area contributed by atoms with Crippen molar-refractivity contribution in [3.63, 3.8) is 0 Å². The van der Waals surface area contributed by atoms with Gasteiger partial charge in [-0.05, 0) is 20.9 Å². The van der Waals surface area contributed by atoms with Gasteiger partial charge in [0.2, 0.25) is 5.95 Å². The number of anilines is 2. The molecule has 2 aromatic rings. The van der Waals surface area contributed by atoms with Gasteiger partial charge in [0.25, 0.3) is 0 Å². The molecule has 0 aliphatic carbocycles. The summed E-state index contributed by atoms with van der Waals surface area (Å²) in [6.45, 7) is 10.3. The van der Waals surface area contributed by atoms with Gasteiger partial charge >= 0.3 is 0 Å². The highest BCUT2D eigenvalue weighted by atomic mass is 15.3. The molecule has 3 rings (SSSR count). The molecule has 24 heavy (non-hydrogen) atoms. The van der Waals surface area contributed by atoms with Crippen molar-refractivity contribution in [3.05, 3.63) is 36.4 Å². The van der Waals surface area contributed by atoms with Crippen molar-refractivity contribution in [1.29, 1.82) is 0 Å². The third-order valence-corrected chi connectivity index (χ3v) is 4.64. The molecule has 1 aromatic heterocycles. The average Bonchev–Trinajstić information content (AvgIpc) is 2.64. The Morgan fingerprint density at radius 1 is 0.958 bits per heavy atom. The summed E-state index contributed by atoms with van der Waals surface area (Å²) in [7, 11) is 2.17. The number of hydrogen-bond acceptors (Lipinski definition) is 5. The highest BCUT2D eigenvalue weighted by molar-refractivity contribution is 5.65. The van der Waals surface area contributed by atoms with Gasteiger partial charge in [-0.1, -0.05) is 30.3 Å². The van der Waals surface area contributed by atoms with Gasteiger partial charge in [0, 0.05) is 50.9 Å². The molecule has 128 valence electrons. The predicted molar refractivity (Wildman–Crippen MR) is 101 cm³/mol. The molecule has 0 saturated carbocycles. The third kappa shape index (κ3) is 3.67. The van der Waals surface area contributed by atoms with Crippen molar-refractivity contribution >= 4 is 11.8 Å². The molecule has 1 aliphatic heterocycles. The van der Waals surface area contributed by atoms with Gasteiger partial charge in [-0.3, -0.25) is 0 Å². The summed E-state index contributed by atoms with van der Waals surface area (Å²) in [6.07, 6.45) is 0. The van der Waals surface area contributed by atoms with E-state index in [2.05, 4.69) is 65.9 Å².